The number of guanidine groups is 1. The van der Waals surface area contributed by atoms with Crippen LogP contribution < -0.4 is 22.1 Å². The molecule has 0 bridgehead atoms. The van der Waals surface area contributed by atoms with Crippen molar-refractivity contribution >= 4 is 17.6 Å². The summed E-state index contributed by atoms with van der Waals surface area (Å²) in [4.78, 5) is 28.3. The van der Waals surface area contributed by atoms with Crippen LogP contribution in [0, 0.1) is 5.92 Å². The van der Waals surface area contributed by atoms with Crippen LogP contribution in [0.5, 0.6) is 0 Å². The average Bonchev–Trinajstić information content (AvgIpc) is 2.41. The summed E-state index contributed by atoms with van der Waals surface area (Å²) in [6.07, 6.45) is 2.91. The second-order valence-corrected chi connectivity index (χ2v) is 6.62. The molecule has 0 saturated carbocycles. The Morgan fingerprint density at radius 1 is 1.22 bits per heavy atom. The van der Waals surface area contributed by atoms with Gasteiger partial charge in [0.25, 0.3) is 0 Å². The topological polar surface area (TPSA) is 123 Å². The summed E-state index contributed by atoms with van der Waals surface area (Å²) in [5.74, 6) is 0.227. The third-order valence-electron chi connectivity index (χ3n) is 3.85. The van der Waals surface area contributed by atoms with Gasteiger partial charge in [-0.05, 0) is 52.5 Å². The van der Waals surface area contributed by atoms with Gasteiger partial charge in [0.15, 0.2) is 11.7 Å². The second kappa shape index (κ2) is 10.2. The normalized spacial score (nSPS) is 14.9. The number of ketones is 1. The minimum Gasteiger partial charge on any atom is -0.370 e. The van der Waals surface area contributed by atoms with Crippen molar-refractivity contribution in [1.29, 1.82) is 0 Å². The number of nitrogens with two attached hydrogens (primary N) is 2. The van der Waals surface area contributed by atoms with E-state index >= 15 is 0 Å². The van der Waals surface area contributed by atoms with Gasteiger partial charge in [-0.25, -0.2) is 0 Å². The zero-order valence-electron chi connectivity index (χ0n) is 15.1. The Kier molecular flexibility index (Phi) is 9.48. The summed E-state index contributed by atoms with van der Waals surface area (Å²) >= 11 is 0. The summed E-state index contributed by atoms with van der Waals surface area (Å²) in [7, 11) is 1.74. The van der Waals surface area contributed by atoms with E-state index in [2.05, 4.69) is 15.6 Å². The lowest BCUT2D eigenvalue weighted by molar-refractivity contribution is -0.132. The quantitative estimate of drug-likeness (QED) is 0.250. The van der Waals surface area contributed by atoms with Crippen molar-refractivity contribution in [2.75, 3.05) is 13.6 Å². The molecule has 0 heterocycles. The van der Waals surface area contributed by atoms with Crippen LogP contribution >= 0.6 is 0 Å². The van der Waals surface area contributed by atoms with Crippen LogP contribution in [0.25, 0.3) is 0 Å². The predicted octanol–water partition coefficient (Wildman–Crippen LogP) is 0.528. The van der Waals surface area contributed by atoms with Gasteiger partial charge < -0.3 is 22.1 Å². The molecule has 0 aromatic heterocycles. The van der Waals surface area contributed by atoms with Crippen LogP contribution in [-0.4, -0.2) is 42.8 Å². The molecule has 7 heteroatoms. The van der Waals surface area contributed by atoms with Crippen LogP contribution in [0.4, 0.5) is 0 Å². The monoisotopic (exact) mass is 327 g/mol. The predicted molar refractivity (Wildman–Crippen MR) is 94.1 cm³/mol. The Labute approximate surface area is 139 Å². The molecule has 2 atom stereocenters. The molecule has 0 radical (unpaired) electrons. The van der Waals surface area contributed by atoms with E-state index < -0.39 is 5.54 Å². The summed E-state index contributed by atoms with van der Waals surface area (Å²) < 4.78 is 0. The van der Waals surface area contributed by atoms with Crippen molar-refractivity contribution in [2.45, 2.75) is 65.0 Å². The first-order valence-electron chi connectivity index (χ1n) is 8.18. The van der Waals surface area contributed by atoms with E-state index in [9.17, 15) is 9.59 Å². The Morgan fingerprint density at radius 3 is 2.26 bits per heavy atom. The van der Waals surface area contributed by atoms with Crippen molar-refractivity contribution in [1.82, 2.24) is 10.6 Å². The van der Waals surface area contributed by atoms with Gasteiger partial charge in [-0.3, -0.25) is 14.6 Å². The first-order chi connectivity index (χ1) is 10.6. The van der Waals surface area contributed by atoms with Crippen LogP contribution in [0.1, 0.15) is 53.4 Å². The number of aliphatic imine (C=N–C) groups is 1. The average molecular weight is 327 g/mol. The molecule has 0 saturated heterocycles. The summed E-state index contributed by atoms with van der Waals surface area (Å²) in [5.41, 5.74) is 9.71. The molecule has 0 aliphatic heterocycles. The Bertz CT molecular complexity index is 419. The first-order valence-corrected chi connectivity index (χ1v) is 8.18. The van der Waals surface area contributed by atoms with E-state index in [4.69, 9.17) is 11.5 Å². The molecule has 0 aliphatic rings. The molecule has 6 N–H and O–H groups in total. The smallest absolute Gasteiger partial charge is 0.237 e. The molecule has 0 fully saturated rings. The molecule has 0 aliphatic carbocycles. The van der Waals surface area contributed by atoms with Crippen LogP contribution in [0.2, 0.25) is 0 Å². The van der Waals surface area contributed by atoms with Crippen molar-refractivity contribution in [3.8, 4) is 0 Å². The molecule has 0 aromatic rings. The molecule has 0 rings (SSSR count). The van der Waals surface area contributed by atoms with Gasteiger partial charge in [0.2, 0.25) is 5.91 Å². The zero-order chi connectivity index (χ0) is 18.0. The highest BCUT2D eigenvalue weighted by atomic mass is 16.2. The largest absolute Gasteiger partial charge is 0.370 e. The number of rotatable bonds is 11. The zero-order valence-corrected chi connectivity index (χ0v) is 15.1. The number of hydrogen-bond acceptors (Lipinski definition) is 4. The number of unbranched alkanes of at least 4 members (excludes halogenated alkanes) is 1. The Balaban J connectivity index is 4.57. The van der Waals surface area contributed by atoms with Crippen LogP contribution in [-0.2, 0) is 9.59 Å². The number of nitrogens with one attached hydrogen (secondary N) is 2. The van der Waals surface area contributed by atoms with Gasteiger partial charge in [-0.15, -0.1) is 0 Å². The number of amides is 1. The maximum Gasteiger partial charge on any atom is 0.237 e. The van der Waals surface area contributed by atoms with E-state index in [-0.39, 0.29) is 23.7 Å². The van der Waals surface area contributed by atoms with Gasteiger partial charge >= 0.3 is 0 Å². The SMILES string of the molecule is CN[C@@H](CCCCN=C(N)N)C(=O)N[C@](C)(CC(C)C)C(C)=O. The highest BCUT2D eigenvalue weighted by Crippen LogP contribution is 2.18. The minimum absolute atomic E-state index is 0.0258. The number of hydrogen-bond donors (Lipinski definition) is 4. The highest BCUT2D eigenvalue weighted by molar-refractivity contribution is 5.92. The summed E-state index contributed by atoms with van der Waals surface area (Å²) in [6, 6.07) is -0.333. The lowest BCUT2D eigenvalue weighted by Crippen LogP contribution is -2.56. The van der Waals surface area contributed by atoms with Crippen LogP contribution in [0.3, 0.4) is 0 Å². The summed E-state index contributed by atoms with van der Waals surface area (Å²) in [6.45, 7) is 7.93. The Morgan fingerprint density at radius 2 is 1.83 bits per heavy atom. The standard InChI is InChI=1S/C16H33N5O2/c1-11(2)10-16(4,12(3)22)21-14(23)13(19-5)8-6-7-9-20-15(17)18/h11,13,19H,6-10H2,1-5H3,(H,21,23)(H4,17,18,20)/t13-,16+/m0/s1. The van der Waals surface area contributed by atoms with Crippen molar-refractivity contribution in [2.24, 2.45) is 22.4 Å². The fourth-order valence-electron chi connectivity index (χ4n) is 2.53. The van der Waals surface area contributed by atoms with Crippen molar-refractivity contribution in [3.63, 3.8) is 0 Å². The maximum absolute atomic E-state index is 12.5. The number of likely N-dealkylation sites (N-methyl/N-ethyl adjacent to an activating group) is 1. The molecular weight excluding hydrogens is 294 g/mol. The number of nitrogens with zero attached hydrogens (tertiary/aromatic N) is 1. The fourth-order valence-corrected chi connectivity index (χ4v) is 2.53. The molecule has 0 aromatic carbocycles. The van der Waals surface area contributed by atoms with Gasteiger partial charge in [-0.2, -0.15) is 0 Å². The second-order valence-electron chi connectivity index (χ2n) is 6.62. The maximum atomic E-state index is 12.5. The van der Waals surface area contributed by atoms with Crippen molar-refractivity contribution < 1.29 is 9.59 Å². The van der Waals surface area contributed by atoms with E-state index in [0.29, 0.717) is 25.3 Å². The fraction of sp³-hybridized carbons (Fsp3) is 0.812. The van der Waals surface area contributed by atoms with E-state index in [1.807, 2.05) is 13.8 Å². The Hall–Kier alpha value is -1.63. The van der Waals surface area contributed by atoms with Gasteiger partial charge in [0.05, 0.1) is 11.6 Å². The van der Waals surface area contributed by atoms with Gasteiger partial charge in [0.1, 0.15) is 0 Å². The molecule has 1 amide bonds. The number of carbonyl (C=O) groups excluding carboxylic acids is 2. The van der Waals surface area contributed by atoms with E-state index in [1.165, 1.54) is 6.92 Å². The lowest BCUT2D eigenvalue weighted by atomic mass is 9.87. The van der Waals surface area contributed by atoms with Gasteiger partial charge in [-0.1, -0.05) is 13.8 Å². The van der Waals surface area contributed by atoms with E-state index in [0.717, 1.165) is 12.8 Å². The lowest BCUT2D eigenvalue weighted by Gasteiger charge is -2.31. The molecule has 134 valence electrons. The number of carbonyl (C=O) groups is 2. The van der Waals surface area contributed by atoms with Gasteiger partial charge in [0, 0.05) is 6.54 Å². The molecular formula is C16H33N5O2. The third-order valence-corrected chi connectivity index (χ3v) is 3.85. The molecule has 23 heavy (non-hydrogen) atoms. The number of Topliss-reactive ketones (excluding diaryl/α,β-unsaturated/α-hetero) is 1. The summed E-state index contributed by atoms with van der Waals surface area (Å²) in [5, 5.41) is 5.92. The van der Waals surface area contributed by atoms with Crippen molar-refractivity contribution in [3.05, 3.63) is 0 Å². The molecule has 0 unspecified atom stereocenters. The van der Waals surface area contributed by atoms with Crippen LogP contribution in [0.15, 0.2) is 4.99 Å². The molecule has 7 nitrogen and oxygen atoms in total. The molecule has 0 spiro atoms. The minimum atomic E-state index is -0.821. The first kappa shape index (κ1) is 21.4. The van der Waals surface area contributed by atoms with E-state index in [1.54, 1.807) is 14.0 Å². The highest BCUT2D eigenvalue weighted by Gasteiger charge is 2.34. The third kappa shape index (κ3) is 8.54.